The van der Waals surface area contributed by atoms with E-state index < -0.39 is 29.1 Å². The predicted octanol–water partition coefficient (Wildman–Crippen LogP) is 16.2. The van der Waals surface area contributed by atoms with Crippen LogP contribution < -0.4 is 27.1 Å². The fourth-order valence-corrected chi connectivity index (χ4v) is 13.3. The largest absolute Gasteiger partial charge is 0.530 e. The lowest BCUT2D eigenvalue weighted by atomic mass is 9.89. The van der Waals surface area contributed by atoms with Crippen LogP contribution >= 0.6 is 17.2 Å². The molecule has 80 heavy (non-hydrogen) atoms. The van der Waals surface area contributed by atoms with Gasteiger partial charge in [-0.2, -0.15) is 0 Å². The van der Waals surface area contributed by atoms with E-state index in [0.29, 0.717) is 82.1 Å². The van der Waals surface area contributed by atoms with E-state index in [0.717, 1.165) is 73.6 Å². The molecule has 8 aromatic rings. The van der Waals surface area contributed by atoms with Gasteiger partial charge in [-0.3, -0.25) is 0 Å². The van der Waals surface area contributed by atoms with Gasteiger partial charge in [-0.15, -0.1) is 0 Å². The van der Waals surface area contributed by atoms with Crippen LogP contribution in [-0.2, 0) is 28.4 Å². The Morgan fingerprint density at radius 2 is 0.675 bits per heavy atom. The van der Waals surface area contributed by atoms with Crippen LogP contribution in [0.25, 0.3) is 32.7 Å². The van der Waals surface area contributed by atoms with E-state index in [1.54, 1.807) is 12.1 Å². The molecular formula is C64H60O14P2. The number of para-hydroxylation sites is 4. The van der Waals surface area contributed by atoms with Crippen molar-refractivity contribution in [3.05, 3.63) is 191 Å². The Bertz CT molecular complexity index is 3160. The smallest absolute Gasteiger partial charge is 0.465 e. The number of hydrogen-bond acceptors (Lipinski definition) is 14. The third-order valence-electron chi connectivity index (χ3n) is 14.9. The SMILES string of the molecule is COC(=O)c1cc2ccccc2c(-c2c(OP(Oc3ccccc3C3CCCO3)Oc3ccccc3C3CCCO3)c(C(=O)OC)cc3ccccc23)c1OP(Oc1ccccc1C1CCCO1)Oc1ccccc1C1CCCO1. The summed E-state index contributed by atoms with van der Waals surface area (Å²) in [4.78, 5) is 29.4. The number of carbonyl (C=O) groups is 2. The maximum absolute atomic E-state index is 14.7. The zero-order valence-electron chi connectivity index (χ0n) is 44.4. The fraction of sp³-hybridized carbons (Fsp3) is 0.281. The van der Waals surface area contributed by atoms with Crippen molar-refractivity contribution in [3.63, 3.8) is 0 Å². The number of rotatable bonds is 19. The highest BCUT2D eigenvalue weighted by Crippen LogP contribution is 2.57. The highest BCUT2D eigenvalue weighted by Gasteiger charge is 2.37. The fourth-order valence-electron chi connectivity index (χ4n) is 11.1. The molecule has 0 aliphatic carbocycles. The molecule has 4 unspecified atom stereocenters. The molecule has 4 aliphatic rings. The molecule has 4 heterocycles. The molecule has 12 rings (SSSR count). The summed E-state index contributed by atoms with van der Waals surface area (Å²) in [6.07, 6.45) is 5.83. The van der Waals surface area contributed by atoms with Crippen LogP contribution in [-0.4, -0.2) is 52.6 Å². The first kappa shape index (κ1) is 53.4. The third-order valence-corrected chi connectivity index (χ3v) is 16.9. The Hall–Kier alpha value is -7.28. The number of carbonyl (C=O) groups excluding carboxylic acids is 2. The van der Waals surface area contributed by atoms with Crippen LogP contribution in [0.4, 0.5) is 0 Å². The molecule has 0 saturated carbocycles. The summed E-state index contributed by atoms with van der Waals surface area (Å²) in [6.45, 7) is 2.45. The molecule has 0 amide bonds. The molecule has 4 aliphatic heterocycles. The molecule has 0 bridgehead atoms. The van der Waals surface area contributed by atoms with Crippen molar-refractivity contribution in [1.29, 1.82) is 0 Å². The van der Waals surface area contributed by atoms with Gasteiger partial charge in [-0.05, 0) is 109 Å². The summed E-state index contributed by atoms with van der Waals surface area (Å²) < 4.78 is 79.0. The van der Waals surface area contributed by atoms with Crippen LogP contribution in [0.5, 0.6) is 34.5 Å². The molecule has 4 atom stereocenters. The molecular weight excluding hydrogens is 1050 g/mol. The van der Waals surface area contributed by atoms with Crippen molar-refractivity contribution in [1.82, 2.24) is 0 Å². The molecule has 0 N–H and O–H groups in total. The van der Waals surface area contributed by atoms with Crippen LogP contribution in [0.1, 0.15) is 119 Å². The standard InChI is InChI=1S/C64H60O14P2/c1-67-63(65)49-39-41-19-3-5-21-43(41)59(61(49)77-79(73-55-27-11-7-23-45(55)51-31-15-35-69-51)74-56-28-12-8-24-46(56)52-32-16-36-70-52)60-44-22-6-4-20-42(44)40-50(64(66)68-2)62(60)78-80(75-57-29-13-9-25-47(57)53-33-17-37-71-53)76-58-30-14-10-26-48(58)54-34-18-38-72-54/h3-14,19-30,39-40,51-54H,15-18,31-38H2,1-2H3. The van der Waals surface area contributed by atoms with Gasteiger partial charge in [-0.25, -0.2) is 9.59 Å². The van der Waals surface area contributed by atoms with Crippen molar-refractivity contribution < 1.29 is 65.2 Å². The van der Waals surface area contributed by atoms with Gasteiger partial charge < -0.3 is 55.6 Å². The lowest BCUT2D eigenvalue weighted by molar-refractivity contribution is 0.0589. The van der Waals surface area contributed by atoms with Crippen LogP contribution in [0.2, 0.25) is 0 Å². The first-order chi connectivity index (χ1) is 39.4. The van der Waals surface area contributed by atoms with E-state index in [4.69, 9.17) is 55.6 Å². The number of ether oxygens (including phenoxy) is 6. The van der Waals surface area contributed by atoms with E-state index in [1.165, 1.54) is 14.2 Å². The molecule has 410 valence electrons. The topological polar surface area (TPSA) is 145 Å². The Kier molecular flexibility index (Phi) is 16.4. The molecule has 4 saturated heterocycles. The summed E-state index contributed by atoms with van der Waals surface area (Å²) in [5, 5.41) is 2.55. The minimum atomic E-state index is -2.56. The Labute approximate surface area is 467 Å². The molecule has 14 nitrogen and oxygen atoms in total. The summed E-state index contributed by atoms with van der Waals surface area (Å²) in [5.41, 5.74) is 4.11. The van der Waals surface area contributed by atoms with Gasteiger partial charge in [0, 0.05) is 59.8 Å². The number of fused-ring (bicyclic) bond motifs is 2. The number of esters is 2. The lowest BCUT2D eigenvalue weighted by Crippen LogP contribution is -2.13. The molecule has 8 aromatic carbocycles. The van der Waals surface area contributed by atoms with Crippen molar-refractivity contribution in [3.8, 4) is 45.6 Å². The van der Waals surface area contributed by atoms with Gasteiger partial charge in [0.25, 0.3) is 0 Å². The van der Waals surface area contributed by atoms with E-state index >= 15 is 0 Å². The average molecular weight is 1120 g/mol. The molecule has 0 aromatic heterocycles. The van der Waals surface area contributed by atoms with Crippen LogP contribution in [0.15, 0.2) is 158 Å². The monoisotopic (exact) mass is 1110 g/mol. The summed E-state index contributed by atoms with van der Waals surface area (Å²) in [6, 6.07) is 49.4. The Morgan fingerprint density at radius 1 is 0.388 bits per heavy atom. The quantitative estimate of drug-likeness (QED) is 0.0559. The number of hydrogen-bond donors (Lipinski definition) is 0. The zero-order valence-corrected chi connectivity index (χ0v) is 46.2. The average Bonchev–Trinajstić information content (AvgIpc) is 4.41. The summed E-state index contributed by atoms with van der Waals surface area (Å²) in [5.74, 6) is 0.575. The van der Waals surface area contributed by atoms with Crippen molar-refractivity contribution >= 4 is 50.7 Å². The zero-order chi connectivity index (χ0) is 54.4. The van der Waals surface area contributed by atoms with Gasteiger partial charge in [0.2, 0.25) is 0 Å². The Morgan fingerprint density at radius 3 is 0.963 bits per heavy atom. The number of benzene rings is 8. The van der Waals surface area contributed by atoms with Crippen molar-refractivity contribution in [2.45, 2.75) is 75.8 Å². The number of methoxy groups -OCH3 is 2. The van der Waals surface area contributed by atoms with Gasteiger partial charge in [-0.1, -0.05) is 121 Å². The second kappa shape index (κ2) is 24.6. The minimum Gasteiger partial charge on any atom is -0.465 e. The third kappa shape index (κ3) is 11.3. The minimum absolute atomic E-state index is 0.0292. The van der Waals surface area contributed by atoms with Crippen molar-refractivity contribution in [2.24, 2.45) is 0 Å². The van der Waals surface area contributed by atoms with Crippen molar-refractivity contribution in [2.75, 3.05) is 40.6 Å². The van der Waals surface area contributed by atoms with Crippen LogP contribution in [0, 0.1) is 0 Å². The normalized spacial score (nSPS) is 19.6. The van der Waals surface area contributed by atoms with E-state index in [-0.39, 0.29) is 47.0 Å². The molecule has 0 spiro atoms. The maximum Gasteiger partial charge on any atom is 0.530 e. The van der Waals surface area contributed by atoms with E-state index in [9.17, 15) is 9.59 Å². The predicted molar refractivity (Wildman–Crippen MR) is 305 cm³/mol. The molecule has 0 radical (unpaired) electrons. The highest BCUT2D eigenvalue weighted by molar-refractivity contribution is 7.43. The van der Waals surface area contributed by atoms with Gasteiger partial charge >= 0.3 is 29.1 Å². The van der Waals surface area contributed by atoms with Gasteiger partial charge in [0.1, 0.15) is 34.1 Å². The van der Waals surface area contributed by atoms with Crippen LogP contribution in [0.3, 0.4) is 0 Å². The van der Waals surface area contributed by atoms with E-state index in [1.807, 2.05) is 146 Å². The van der Waals surface area contributed by atoms with Gasteiger partial charge in [0.15, 0.2) is 11.5 Å². The Balaban J connectivity index is 1.09. The second-order valence-electron chi connectivity index (χ2n) is 19.8. The summed E-state index contributed by atoms with van der Waals surface area (Å²) >= 11 is 0. The highest BCUT2D eigenvalue weighted by atomic mass is 31.2. The second-order valence-corrected chi connectivity index (χ2v) is 21.8. The molecule has 16 heteroatoms. The summed E-state index contributed by atoms with van der Waals surface area (Å²) in [7, 11) is -2.47. The first-order valence-electron chi connectivity index (χ1n) is 27.2. The lowest BCUT2D eigenvalue weighted by Gasteiger charge is -2.27. The van der Waals surface area contributed by atoms with E-state index in [2.05, 4.69) is 0 Å². The molecule has 4 fully saturated rings. The maximum atomic E-state index is 14.7. The first-order valence-corrected chi connectivity index (χ1v) is 29.4. The van der Waals surface area contributed by atoms with Gasteiger partial charge in [0.05, 0.1) is 38.6 Å².